The van der Waals surface area contributed by atoms with Gasteiger partial charge in [0.05, 0.1) is 5.56 Å². The van der Waals surface area contributed by atoms with E-state index in [1.807, 2.05) is 19.9 Å². The first-order chi connectivity index (χ1) is 14.5. The molecule has 0 amide bonds. The van der Waals surface area contributed by atoms with Crippen LogP contribution in [-0.4, -0.2) is 35.2 Å². The number of nitrogens with one attached hydrogen (secondary N) is 1. The lowest BCUT2D eigenvalue weighted by atomic mass is 9.89. The molecule has 0 unspecified atom stereocenters. The summed E-state index contributed by atoms with van der Waals surface area (Å²) in [5.74, 6) is -3.47. The molecule has 3 rings (SSSR count). The summed E-state index contributed by atoms with van der Waals surface area (Å²) in [7, 11) is 0. The minimum atomic E-state index is -4.30. The van der Waals surface area contributed by atoms with Crippen LogP contribution < -0.4 is 5.32 Å². The second-order valence-electron chi connectivity index (χ2n) is 7.26. The van der Waals surface area contributed by atoms with Crippen LogP contribution in [0.2, 0.25) is 0 Å². The van der Waals surface area contributed by atoms with Crippen molar-refractivity contribution in [3.63, 3.8) is 0 Å². The van der Waals surface area contributed by atoms with E-state index < -0.39 is 23.7 Å². The van der Waals surface area contributed by atoms with E-state index in [-0.39, 0.29) is 5.92 Å². The van der Waals surface area contributed by atoms with Crippen molar-refractivity contribution < 1.29 is 33.0 Å². The molecule has 0 spiro atoms. The predicted octanol–water partition coefficient (Wildman–Crippen LogP) is 5.10. The molecule has 9 heteroatoms. The number of hydrogen-bond acceptors (Lipinski definition) is 4. The Hall–Kier alpha value is -2.52. The number of carboxylic acids is 2. The molecule has 1 aliphatic heterocycles. The molecule has 168 valence electrons. The third-order valence-electron chi connectivity index (χ3n) is 4.85. The van der Waals surface area contributed by atoms with Gasteiger partial charge in [0.2, 0.25) is 0 Å². The molecule has 2 aromatic rings. The molecule has 1 fully saturated rings. The minimum Gasteiger partial charge on any atom is -0.473 e. The van der Waals surface area contributed by atoms with Crippen molar-refractivity contribution in [3.05, 3.63) is 58.7 Å². The van der Waals surface area contributed by atoms with Crippen molar-refractivity contribution in [1.82, 2.24) is 5.32 Å². The zero-order chi connectivity index (χ0) is 23.2. The SMILES string of the molecule is Cc1ccc(Sc2ccc(C(F)(F)F)cc2C2CCNCC2)c(C)c1.O=C(O)C(=O)O. The van der Waals surface area contributed by atoms with Gasteiger partial charge in [0.25, 0.3) is 0 Å². The van der Waals surface area contributed by atoms with Crippen LogP contribution in [-0.2, 0) is 15.8 Å². The van der Waals surface area contributed by atoms with E-state index in [9.17, 15) is 13.2 Å². The van der Waals surface area contributed by atoms with Gasteiger partial charge in [0.1, 0.15) is 0 Å². The summed E-state index contributed by atoms with van der Waals surface area (Å²) in [5.41, 5.74) is 2.63. The van der Waals surface area contributed by atoms with E-state index >= 15 is 0 Å². The second kappa shape index (κ2) is 10.7. The number of benzene rings is 2. The molecular weight excluding hydrogens is 431 g/mol. The average Bonchev–Trinajstić information content (AvgIpc) is 2.70. The van der Waals surface area contributed by atoms with Crippen molar-refractivity contribution in [1.29, 1.82) is 0 Å². The van der Waals surface area contributed by atoms with Crippen LogP contribution in [0.1, 0.15) is 41.0 Å². The van der Waals surface area contributed by atoms with Gasteiger partial charge in [-0.1, -0.05) is 29.5 Å². The van der Waals surface area contributed by atoms with Gasteiger partial charge < -0.3 is 15.5 Å². The molecule has 2 aromatic carbocycles. The quantitative estimate of drug-likeness (QED) is 0.559. The van der Waals surface area contributed by atoms with Crippen LogP contribution in [0.15, 0.2) is 46.2 Å². The molecule has 1 heterocycles. The Balaban J connectivity index is 0.000000501. The number of aryl methyl sites for hydroxylation is 2. The minimum absolute atomic E-state index is 0.178. The number of hydrogen-bond donors (Lipinski definition) is 3. The van der Waals surface area contributed by atoms with Crippen LogP contribution in [0, 0.1) is 13.8 Å². The smallest absolute Gasteiger partial charge is 0.416 e. The number of piperidine rings is 1. The van der Waals surface area contributed by atoms with Crippen LogP contribution >= 0.6 is 11.8 Å². The highest BCUT2D eigenvalue weighted by atomic mass is 32.2. The summed E-state index contributed by atoms with van der Waals surface area (Å²) in [6.07, 6.45) is -2.55. The molecule has 5 nitrogen and oxygen atoms in total. The van der Waals surface area contributed by atoms with E-state index in [1.54, 1.807) is 17.8 Å². The molecular formula is C22H24F3NO4S. The standard InChI is InChI=1S/C20H22F3NS.C2H2O4/c1-13-3-5-18(14(2)11-13)25-19-6-4-16(20(21,22)23)12-17(19)15-7-9-24-10-8-15;3-1(4)2(5)6/h3-6,11-12,15,24H,7-10H2,1-2H3;(H,3,4)(H,5,6). The lowest BCUT2D eigenvalue weighted by Crippen LogP contribution is -2.27. The summed E-state index contributed by atoms with van der Waals surface area (Å²) in [6, 6.07) is 10.4. The summed E-state index contributed by atoms with van der Waals surface area (Å²) in [5, 5.41) is 18.1. The summed E-state index contributed by atoms with van der Waals surface area (Å²) in [4.78, 5) is 20.2. The zero-order valence-electron chi connectivity index (χ0n) is 17.1. The molecule has 0 aromatic heterocycles. The van der Waals surface area contributed by atoms with Crippen LogP contribution in [0.25, 0.3) is 0 Å². The Kier molecular flexibility index (Phi) is 8.52. The fourth-order valence-electron chi connectivity index (χ4n) is 3.30. The molecule has 31 heavy (non-hydrogen) atoms. The lowest BCUT2D eigenvalue weighted by molar-refractivity contribution is -0.159. The number of rotatable bonds is 3. The van der Waals surface area contributed by atoms with Gasteiger partial charge in [-0.25, -0.2) is 9.59 Å². The van der Waals surface area contributed by atoms with E-state index in [1.165, 1.54) is 17.7 Å². The molecule has 0 radical (unpaired) electrons. The maximum atomic E-state index is 13.2. The zero-order valence-corrected chi connectivity index (χ0v) is 17.9. The molecule has 0 aliphatic carbocycles. The number of carbonyl (C=O) groups is 2. The maximum Gasteiger partial charge on any atom is 0.416 e. The Morgan fingerprint density at radius 2 is 1.55 bits per heavy atom. The van der Waals surface area contributed by atoms with Gasteiger partial charge in [0, 0.05) is 9.79 Å². The monoisotopic (exact) mass is 455 g/mol. The Morgan fingerprint density at radius 3 is 2.06 bits per heavy atom. The number of carboxylic acid groups (broad SMARTS) is 2. The van der Waals surface area contributed by atoms with Gasteiger partial charge in [-0.15, -0.1) is 0 Å². The maximum absolute atomic E-state index is 13.2. The highest BCUT2D eigenvalue weighted by molar-refractivity contribution is 7.99. The van der Waals surface area contributed by atoms with Gasteiger partial charge in [-0.2, -0.15) is 13.2 Å². The van der Waals surface area contributed by atoms with Crippen molar-refractivity contribution in [2.45, 2.75) is 48.6 Å². The summed E-state index contributed by atoms with van der Waals surface area (Å²) in [6.45, 7) is 5.80. The second-order valence-corrected chi connectivity index (χ2v) is 8.34. The molecule has 3 N–H and O–H groups in total. The molecule has 1 aliphatic rings. The third-order valence-corrected chi connectivity index (χ3v) is 6.12. The van der Waals surface area contributed by atoms with Crippen LogP contribution in [0.3, 0.4) is 0 Å². The first-order valence-electron chi connectivity index (χ1n) is 9.62. The largest absolute Gasteiger partial charge is 0.473 e. The van der Waals surface area contributed by atoms with E-state index in [0.717, 1.165) is 46.8 Å². The van der Waals surface area contributed by atoms with Gasteiger partial charge in [-0.3, -0.25) is 0 Å². The molecule has 0 bridgehead atoms. The predicted molar refractivity (Wildman–Crippen MR) is 112 cm³/mol. The molecule has 0 saturated carbocycles. The van der Waals surface area contributed by atoms with Crippen molar-refractivity contribution in [2.75, 3.05) is 13.1 Å². The third kappa shape index (κ3) is 7.29. The number of aliphatic carboxylic acids is 2. The van der Waals surface area contributed by atoms with Gasteiger partial charge >= 0.3 is 18.1 Å². The van der Waals surface area contributed by atoms with Crippen LogP contribution in [0.4, 0.5) is 13.2 Å². The summed E-state index contributed by atoms with van der Waals surface area (Å²) >= 11 is 1.57. The lowest BCUT2D eigenvalue weighted by Gasteiger charge is -2.26. The Labute approximate surface area is 182 Å². The number of halogens is 3. The van der Waals surface area contributed by atoms with Crippen molar-refractivity contribution >= 4 is 23.7 Å². The first kappa shape index (κ1) is 24.7. The fourth-order valence-corrected chi connectivity index (χ4v) is 4.37. The fraction of sp³-hybridized carbons (Fsp3) is 0.364. The first-order valence-corrected chi connectivity index (χ1v) is 10.4. The summed E-state index contributed by atoms with van der Waals surface area (Å²) < 4.78 is 39.5. The highest BCUT2D eigenvalue weighted by Gasteiger charge is 2.32. The van der Waals surface area contributed by atoms with Crippen molar-refractivity contribution in [2.24, 2.45) is 0 Å². The topological polar surface area (TPSA) is 86.6 Å². The van der Waals surface area contributed by atoms with Gasteiger partial charge in [0.15, 0.2) is 0 Å². The molecule has 1 saturated heterocycles. The van der Waals surface area contributed by atoms with E-state index in [0.29, 0.717) is 0 Å². The average molecular weight is 455 g/mol. The van der Waals surface area contributed by atoms with Gasteiger partial charge in [-0.05, 0) is 81.1 Å². The Bertz CT molecular complexity index is 929. The number of alkyl halides is 3. The van der Waals surface area contributed by atoms with E-state index in [4.69, 9.17) is 19.8 Å². The van der Waals surface area contributed by atoms with Crippen LogP contribution in [0.5, 0.6) is 0 Å². The van der Waals surface area contributed by atoms with E-state index in [2.05, 4.69) is 17.4 Å². The molecule has 0 atom stereocenters. The normalized spacial score (nSPS) is 14.5. The Morgan fingerprint density at radius 1 is 0.968 bits per heavy atom. The van der Waals surface area contributed by atoms with Crippen molar-refractivity contribution in [3.8, 4) is 0 Å². The highest BCUT2D eigenvalue weighted by Crippen LogP contribution is 2.41.